The van der Waals surface area contributed by atoms with Gasteiger partial charge in [0, 0.05) is 12.6 Å². The Balaban J connectivity index is 0.00000200. The van der Waals surface area contributed by atoms with E-state index in [1.54, 1.807) is 19.1 Å². The lowest BCUT2D eigenvalue weighted by Gasteiger charge is -2.17. The van der Waals surface area contributed by atoms with Gasteiger partial charge in [0.2, 0.25) is 0 Å². The number of ether oxygens (including phenoxy) is 1. The normalized spacial score (nSPS) is 16.8. The molecule has 2 rings (SSSR count). The number of nitrogens with one attached hydrogen (secondary N) is 1. The third kappa shape index (κ3) is 4.65. The van der Waals surface area contributed by atoms with Crippen molar-refractivity contribution >= 4 is 18.3 Å². The second-order valence-electron chi connectivity index (χ2n) is 4.94. The highest BCUT2D eigenvalue weighted by Crippen LogP contribution is 2.31. The minimum absolute atomic E-state index is 0. The van der Waals surface area contributed by atoms with Gasteiger partial charge in [0.15, 0.2) is 17.7 Å². The first-order valence-electron chi connectivity index (χ1n) is 6.52. The van der Waals surface area contributed by atoms with E-state index in [4.69, 9.17) is 10.5 Å². The summed E-state index contributed by atoms with van der Waals surface area (Å²) in [4.78, 5) is 11.8. The molecule has 0 heterocycles. The van der Waals surface area contributed by atoms with Gasteiger partial charge in [0.25, 0.3) is 5.91 Å². The fourth-order valence-corrected chi connectivity index (χ4v) is 1.84. The highest BCUT2D eigenvalue weighted by molar-refractivity contribution is 5.85. The van der Waals surface area contributed by atoms with Gasteiger partial charge in [0.1, 0.15) is 0 Å². The third-order valence-corrected chi connectivity index (χ3v) is 3.25. The van der Waals surface area contributed by atoms with Gasteiger partial charge in [-0.1, -0.05) is 12.1 Å². The van der Waals surface area contributed by atoms with Crippen LogP contribution >= 0.6 is 12.4 Å². The number of carbonyl (C=O) groups excluding carboxylic acids is 1. The van der Waals surface area contributed by atoms with E-state index >= 15 is 0 Å². The zero-order valence-electron chi connectivity index (χ0n) is 11.3. The van der Waals surface area contributed by atoms with Crippen LogP contribution in [0.25, 0.3) is 0 Å². The smallest absolute Gasteiger partial charge is 0.260 e. The van der Waals surface area contributed by atoms with E-state index in [1.807, 2.05) is 0 Å². The molecule has 20 heavy (non-hydrogen) atoms. The molecule has 0 spiro atoms. The van der Waals surface area contributed by atoms with Crippen molar-refractivity contribution in [3.8, 4) is 5.75 Å². The molecule has 1 aromatic rings. The summed E-state index contributed by atoms with van der Waals surface area (Å²) in [5.41, 5.74) is 5.89. The maximum Gasteiger partial charge on any atom is 0.260 e. The van der Waals surface area contributed by atoms with Crippen molar-refractivity contribution in [2.45, 2.75) is 31.9 Å². The summed E-state index contributed by atoms with van der Waals surface area (Å²) in [6.45, 7) is 2.03. The van der Waals surface area contributed by atoms with Crippen LogP contribution in [0.2, 0.25) is 0 Å². The van der Waals surface area contributed by atoms with E-state index in [1.165, 1.54) is 12.1 Å². The standard InChI is InChI=1S/C14H19FN2O2.ClH/c1-9(19-13-5-3-2-4-11(13)15)14(18)17-8-12(16)10-6-7-10;/h2-5,9-10,12H,6-8,16H2,1H3,(H,17,18);1H. The molecule has 1 aromatic carbocycles. The van der Waals surface area contributed by atoms with Gasteiger partial charge in [-0.2, -0.15) is 0 Å². The van der Waals surface area contributed by atoms with Gasteiger partial charge in [-0.25, -0.2) is 4.39 Å². The summed E-state index contributed by atoms with van der Waals surface area (Å²) in [5, 5.41) is 2.73. The quantitative estimate of drug-likeness (QED) is 0.843. The average molecular weight is 303 g/mol. The van der Waals surface area contributed by atoms with Gasteiger partial charge in [-0.05, 0) is 37.8 Å². The fraction of sp³-hybridized carbons (Fsp3) is 0.500. The number of rotatable bonds is 6. The van der Waals surface area contributed by atoms with Crippen molar-refractivity contribution in [1.29, 1.82) is 0 Å². The topological polar surface area (TPSA) is 64.3 Å². The second-order valence-corrected chi connectivity index (χ2v) is 4.94. The molecule has 2 atom stereocenters. The van der Waals surface area contributed by atoms with Crippen LogP contribution in [0.5, 0.6) is 5.75 Å². The Hall–Kier alpha value is -1.33. The maximum atomic E-state index is 13.4. The average Bonchev–Trinajstić information content (AvgIpc) is 3.22. The number of benzene rings is 1. The van der Waals surface area contributed by atoms with Crippen LogP contribution in [0, 0.1) is 11.7 Å². The zero-order chi connectivity index (χ0) is 13.8. The van der Waals surface area contributed by atoms with Gasteiger partial charge in [-0.15, -0.1) is 12.4 Å². The Morgan fingerprint density at radius 2 is 2.15 bits per heavy atom. The highest BCUT2D eigenvalue weighted by Gasteiger charge is 2.29. The molecule has 112 valence electrons. The van der Waals surface area contributed by atoms with Crippen molar-refractivity contribution in [3.63, 3.8) is 0 Å². The Labute approximate surface area is 124 Å². The summed E-state index contributed by atoms with van der Waals surface area (Å²) >= 11 is 0. The van der Waals surface area contributed by atoms with Crippen LogP contribution in [-0.2, 0) is 4.79 Å². The molecule has 1 fully saturated rings. The molecule has 0 bridgehead atoms. The minimum Gasteiger partial charge on any atom is -0.478 e. The van der Waals surface area contributed by atoms with Crippen LogP contribution in [0.4, 0.5) is 4.39 Å². The van der Waals surface area contributed by atoms with Crippen molar-refractivity contribution in [1.82, 2.24) is 5.32 Å². The molecular formula is C14H20ClFN2O2. The number of amides is 1. The Morgan fingerprint density at radius 1 is 1.50 bits per heavy atom. The molecule has 4 nitrogen and oxygen atoms in total. The van der Waals surface area contributed by atoms with E-state index in [2.05, 4.69) is 5.32 Å². The van der Waals surface area contributed by atoms with E-state index < -0.39 is 11.9 Å². The van der Waals surface area contributed by atoms with Crippen LogP contribution in [0.15, 0.2) is 24.3 Å². The Bertz CT molecular complexity index is 455. The molecule has 1 aliphatic carbocycles. The highest BCUT2D eigenvalue weighted by atomic mass is 35.5. The Kier molecular flexibility index (Phi) is 6.23. The summed E-state index contributed by atoms with van der Waals surface area (Å²) in [5.74, 6) is -0.143. The largest absolute Gasteiger partial charge is 0.478 e. The molecule has 1 saturated carbocycles. The number of hydrogen-bond acceptors (Lipinski definition) is 3. The molecule has 3 N–H and O–H groups in total. The molecule has 1 aliphatic rings. The number of para-hydroxylation sites is 1. The van der Waals surface area contributed by atoms with E-state index in [0.717, 1.165) is 12.8 Å². The van der Waals surface area contributed by atoms with Crippen LogP contribution < -0.4 is 15.8 Å². The van der Waals surface area contributed by atoms with Gasteiger partial charge in [0.05, 0.1) is 0 Å². The monoisotopic (exact) mass is 302 g/mol. The first kappa shape index (κ1) is 16.7. The van der Waals surface area contributed by atoms with Crippen LogP contribution in [0.3, 0.4) is 0 Å². The number of carbonyl (C=O) groups is 1. The van der Waals surface area contributed by atoms with E-state index in [9.17, 15) is 9.18 Å². The van der Waals surface area contributed by atoms with Crippen LogP contribution in [-0.4, -0.2) is 24.6 Å². The lowest BCUT2D eigenvalue weighted by Crippen LogP contribution is -2.43. The molecule has 0 radical (unpaired) electrons. The molecule has 0 saturated heterocycles. The molecule has 6 heteroatoms. The minimum atomic E-state index is -0.747. The van der Waals surface area contributed by atoms with Crippen LogP contribution in [0.1, 0.15) is 19.8 Å². The van der Waals surface area contributed by atoms with Gasteiger partial charge >= 0.3 is 0 Å². The Morgan fingerprint density at radius 3 is 2.75 bits per heavy atom. The SMILES string of the molecule is CC(Oc1ccccc1F)C(=O)NCC(N)C1CC1.Cl. The lowest BCUT2D eigenvalue weighted by molar-refractivity contribution is -0.127. The maximum absolute atomic E-state index is 13.4. The summed E-state index contributed by atoms with van der Waals surface area (Å²) in [6, 6.07) is 6.02. The molecule has 1 amide bonds. The summed E-state index contributed by atoms with van der Waals surface area (Å²) < 4.78 is 18.7. The first-order valence-corrected chi connectivity index (χ1v) is 6.52. The summed E-state index contributed by atoms with van der Waals surface area (Å²) in [6.07, 6.45) is 1.53. The van der Waals surface area contributed by atoms with Crippen molar-refractivity contribution in [2.75, 3.05) is 6.54 Å². The molecular weight excluding hydrogens is 283 g/mol. The van der Waals surface area contributed by atoms with Crippen molar-refractivity contribution < 1.29 is 13.9 Å². The predicted octanol–water partition coefficient (Wildman–Crippen LogP) is 1.87. The fourth-order valence-electron chi connectivity index (χ4n) is 1.84. The number of nitrogens with two attached hydrogens (primary N) is 1. The summed E-state index contributed by atoms with van der Waals surface area (Å²) in [7, 11) is 0. The second kappa shape index (κ2) is 7.45. The van der Waals surface area contributed by atoms with Crippen molar-refractivity contribution in [2.24, 2.45) is 11.7 Å². The number of halogens is 2. The molecule has 0 aromatic heterocycles. The number of hydrogen-bond donors (Lipinski definition) is 2. The first-order chi connectivity index (χ1) is 9.08. The van der Waals surface area contributed by atoms with Crippen molar-refractivity contribution in [3.05, 3.63) is 30.1 Å². The predicted molar refractivity (Wildman–Crippen MR) is 77.4 cm³/mol. The van der Waals surface area contributed by atoms with E-state index in [-0.39, 0.29) is 30.1 Å². The van der Waals surface area contributed by atoms with Gasteiger partial charge in [-0.3, -0.25) is 4.79 Å². The van der Waals surface area contributed by atoms with Gasteiger partial charge < -0.3 is 15.8 Å². The molecule has 0 aliphatic heterocycles. The lowest BCUT2D eigenvalue weighted by atomic mass is 10.2. The molecule has 2 unspecified atom stereocenters. The zero-order valence-corrected chi connectivity index (χ0v) is 12.2. The third-order valence-electron chi connectivity index (χ3n) is 3.25. The van der Waals surface area contributed by atoms with E-state index in [0.29, 0.717) is 12.5 Å².